The summed E-state index contributed by atoms with van der Waals surface area (Å²) >= 11 is 0. The summed E-state index contributed by atoms with van der Waals surface area (Å²) in [5.74, 6) is 1.51. The fourth-order valence-corrected chi connectivity index (χ4v) is 3.68. The Morgan fingerprint density at radius 1 is 0.871 bits per heavy atom. The van der Waals surface area contributed by atoms with Gasteiger partial charge < -0.3 is 4.74 Å². The quantitative estimate of drug-likeness (QED) is 0.420. The van der Waals surface area contributed by atoms with Crippen LogP contribution in [-0.2, 0) is 26.5 Å². The average molecular weight is 414 g/mol. The zero-order valence-corrected chi connectivity index (χ0v) is 18.2. The monoisotopic (exact) mass is 413 g/mol. The first-order valence-corrected chi connectivity index (χ1v) is 10.4. The summed E-state index contributed by atoms with van der Waals surface area (Å²) in [6, 6.07) is 22.7. The first kappa shape index (κ1) is 20.7. The highest BCUT2D eigenvalue weighted by molar-refractivity contribution is 5.54. The molecule has 0 aliphatic rings. The number of rotatable bonds is 8. The van der Waals surface area contributed by atoms with Crippen molar-refractivity contribution in [1.82, 2.24) is 25.2 Å². The number of nitrogens with zero attached hydrogens (tertiary/aromatic N) is 5. The average Bonchev–Trinajstić information content (AvgIpc) is 3.20. The van der Waals surface area contributed by atoms with Crippen LogP contribution >= 0.6 is 0 Å². The SMILES string of the molecule is Cn1nnc(-c2ccc(CC(C)(C)Cc3ccc(OCc4ccccn4)cc3)cc2)n1. The topological polar surface area (TPSA) is 65.7 Å². The van der Waals surface area contributed by atoms with Crippen molar-refractivity contribution in [2.75, 3.05) is 0 Å². The third-order valence-electron chi connectivity index (χ3n) is 5.12. The Labute approximate surface area is 182 Å². The summed E-state index contributed by atoms with van der Waals surface area (Å²) in [5, 5.41) is 12.2. The molecule has 2 aromatic heterocycles. The minimum Gasteiger partial charge on any atom is -0.487 e. The summed E-state index contributed by atoms with van der Waals surface area (Å²) < 4.78 is 5.84. The second kappa shape index (κ2) is 9.08. The van der Waals surface area contributed by atoms with Crippen LogP contribution in [0.2, 0.25) is 0 Å². The molecule has 0 fully saturated rings. The lowest BCUT2D eigenvalue weighted by Gasteiger charge is -2.25. The number of pyridine rings is 1. The molecule has 0 radical (unpaired) electrons. The van der Waals surface area contributed by atoms with Crippen molar-refractivity contribution < 1.29 is 4.74 Å². The molecule has 2 aromatic carbocycles. The van der Waals surface area contributed by atoms with Gasteiger partial charge in [-0.3, -0.25) is 4.98 Å². The third-order valence-corrected chi connectivity index (χ3v) is 5.12. The number of hydrogen-bond acceptors (Lipinski definition) is 5. The summed E-state index contributed by atoms with van der Waals surface area (Å²) in [6.07, 6.45) is 3.75. The van der Waals surface area contributed by atoms with Gasteiger partial charge in [0, 0.05) is 11.8 Å². The Hall–Kier alpha value is -3.54. The number of ether oxygens (including phenoxy) is 1. The molecule has 0 unspecified atom stereocenters. The molecule has 6 heteroatoms. The fourth-order valence-electron chi connectivity index (χ4n) is 3.68. The summed E-state index contributed by atoms with van der Waals surface area (Å²) in [7, 11) is 1.77. The molecule has 2 heterocycles. The molecule has 0 spiro atoms. The summed E-state index contributed by atoms with van der Waals surface area (Å²) in [6.45, 7) is 5.08. The van der Waals surface area contributed by atoms with Gasteiger partial charge in [0.2, 0.25) is 5.82 Å². The van der Waals surface area contributed by atoms with Crippen molar-refractivity contribution in [2.45, 2.75) is 33.3 Å². The number of hydrogen-bond donors (Lipinski definition) is 0. The Kier molecular flexibility index (Phi) is 6.07. The second-order valence-electron chi connectivity index (χ2n) is 8.57. The first-order chi connectivity index (χ1) is 15.0. The molecular formula is C25H27N5O. The van der Waals surface area contributed by atoms with Gasteiger partial charge in [-0.25, -0.2) is 0 Å². The van der Waals surface area contributed by atoms with E-state index < -0.39 is 0 Å². The summed E-state index contributed by atoms with van der Waals surface area (Å²) in [5.41, 5.74) is 4.64. The molecule has 0 aliphatic heterocycles. The van der Waals surface area contributed by atoms with E-state index in [1.165, 1.54) is 15.9 Å². The highest BCUT2D eigenvalue weighted by Crippen LogP contribution is 2.28. The maximum Gasteiger partial charge on any atom is 0.204 e. The largest absolute Gasteiger partial charge is 0.487 e. The lowest BCUT2D eigenvalue weighted by atomic mass is 9.80. The van der Waals surface area contributed by atoms with Crippen molar-refractivity contribution in [3.8, 4) is 17.1 Å². The maximum atomic E-state index is 5.84. The molecule has 0 saturated heterocycles. The second-order valence-corrected chi connectivity index (χ2v) is 8.57. The van der Waals surface area contributed by atoms with E-state index >= 15 is 0 Å². The van der Waals surface area contributed by atoms with Crippen molar-refractivity contribution >= 4 is 0 Å². The molecule has 0 aliphatic carbocycles. The van der Waals surface area contributed by atoms with Gasteiger partial charge in [0.15, 0.2) is 0 Å². The van der Waals surface area contributed by atoms with E-state index in [4.69, 9.17) is 4.74 Å². The number of aryl methyl sites for hydroxylation is 1. The van der Waals surface area contributed by atoms with Crippen LogP contribution in [0.3, 0.4) is 0 Å². The van der Waals surface area contributed by atoms with Crippen molar-refractivity contribution in [3.63, 3.8) is 0 Å². The van der Waals surface area contributed by atoms with Gasteiger partial charge in [0.05, 0.1) is 12.7 Å². The van der Waals surface area contributed by atoms with Crippen LogP contribution in [0.25, 0.3) is 11.4 Å². The predicted octanol–water partition coefficient (Wildman–Crippen LogP) is 4.66. The van der Waals surface area contributed by atoms with Crippen LogP contribution in [0.5, 0.6) is 5.75 Å². The number of benzene rings is 2. The van der Waals surface area contributed by atoms with Crippen LogP contribution in [-0.4, -0.2) is 25.2 Å². The van der Waals surface area contributed by atoms with Crippen LogP contribution in [0.1, 0.15) is 30.7 Å². The van der Waals surface area contributed by atoms with Gasteiger partial charge in [-0.2, -0.15) is 4.80 Å². The van der Waals surface area contributed by atoms with Crippen LogP contribution in [0.15, 0.2) is 72.9 Å². The Bertz CT molecular complexity index is 1100. The van der Waals surface area contributed by atoms with E-state index in [0.29, 0.717) is 12.4 Å². The van der Waals surface area contributed by atoms with Gasteiger partial charge in [-0.05, 0) is 58.9 Å². The van der Waals surface area contributed by atoms with Gasteiger partial charge in [-0.15, -0.1) is 10.2 Å². The van der Waals surface area contributed by atoms with E-state index in [0.717, 1.165) is 29.8 Å². The van der Waals surface area contributed by atoms with Crippen LogP contribution < -0.4 is 4.74 Å². The molecule has 158 valence electrons. The molecule has 4 aromatic rings. The molecule has 0 atom stereocenters. The minimum atomic E-state index is 0.128. The minimum absolute atomic E-state index is 0.128. The lowest BCUT2D eigenvalue weighted by molar-refractivity contribution is 0.301. The van der Waals surface area contributed by atoms with E-state index in [1.807, 2.05) is 30.3 Å². The zero-order valence-electron chi connectivity index (χ0n) is 18.2. The normalized spacial score (nSPS) is 11.5. The smallest absolute Gasteiger partial charge is 0.204 e. The van der Waals surface area contributed by atoms with Crippen LogP contribution in [0.4, 0.5) is 0 Å². The van der Waals surface area contributed by atoms with E-state index in [1.54, 1.807) is 13.2 Å². The van der Waals surface area contributed by atoms with Gasteiger partial charge >= 0.3 is 0 Å². The van der Waals surface area contributed by atoms with Crippen molar-refractivity contribution in [2.24, 2.45) is 12.5 Å². The van der Waals surface area contributed by atoms with E-state index in [9.17, 15) is 0 Å². The number of aromatic nitrogens is 5. The predicted molar refractivity (Wildman–Crippen MR) is 120 cm³/mol. The van der Waals surface area contributed by atoms with E-state index in [2.05, 4.69) is 70.6 Å². The Balaban J connectivity index is 1.33. The van der Waals surface area contributed by atoms with Gasteiger partial charge in [-0.1, -0.05) is 56.3 Å². The van der Waals surface area contributed by atoms with Gasteiger partial charge in [0.1, 0.15) is 12.4 Å². The van der Waals surface area contributed by atoms with Crippen molar-refractivity contribution in [1.29, 1.82) is 0 Å². The Morgan fingerprint density at radius 3 is 2.13 bits per heavy atom. The molecule has 0 N–H and O–H groups in total. The summed E-state index contributed by atoms with van der Waals surface area (Å²) in [4.78, 5) is 5.76. The highest BCUT2D eigenvalue weighted by atomic mass is 16.5. The Morgan fingerprint density at radius 2 is 1.55 bits per heavy atom. The standard InChI is InChI=1S/C25H27N5O/c1-25(2,16-19-7-11-21(12-8-19)24-27-29-30(3)28-24)17-20-9-13-23(14-10-20)31-18-22-6-4-5-15-26-22/h4-15H,16-18H2,1-3H3. The molecule has 31 heavy (non-hydrogen) atoms. The molecular weight excluding hydrogens is 386 g/mol. The van der Waals surface area contributed by atoms with Gasteiger partial charge in [0.25, 0.3) is 0 Å². The molecule has 0 saturated carbocycles. The fraction of sp³-hybridized carbons (Fsp3) is 0.280. The van der Waals surface area contributed by atoms with Crippen molar-refractivity contribution in [3.05, 3.63) is 89.7 Å². The molecule has 0 bridgehead atoms. The first-order valence-electron chi connectivity index (χ1n) is 10.4. The highest BCUT2D eigenvalue weighted by Gasteiger charge is 2.19. The molecule has 6 nitrogen and oxygen atoms in total. The number of tetrazole rings is 1. The third kappa shape index (κ3) is 5.75. The molecule has 4 rings (SSSR count). The molecule has 0 amide bonds. The van der Waals surface area contributed by atoms with Crippen LogP contribution in [0, 0.1) is 5.41 Å². The lowest BCUT2D eigenvalue weighted by Crippen LogP contribution is -2.18. The zero-order chi connectivity index (χ0) is 21.7. The maximum absolute atomic E-state index is 5.84. The van der Waals surface area contributed by atoms with E-state index in [-0.39, 0.29) is 5.41 Å².